The number of carbonyl (C=O) groups excluding carboxylic acids is 4. The summed E-state index contributed by atoms with van der Waals surface area (Å²) in [7, 11) is 2.85. The van der Waals surface area contributed by atoms with Crippen molar-refractivity contribution in [2.75, 3.05) is 40.4 Å². The van der Waals surface area contributed by atoms with Gasteiger partial charge in [0.15, 0.2) is 0 Å². The second-order valence-corrected chi connectivity index (χ2v) is 17.4. The number of urea groups is 1. The van der Waals surface area contributed by atoms with Crippen LogP contribution in [0.2, 0.25) is 0 Å². The van der Waals surface area contributed by atoms with Crippen molar-refractivity contribution in [1.82, 2.24) is 35.9 Å². The number of ether oxygens (including phenoxy) is 2. The third-order valence-electron chi connectivity index (χ3n) is 9.61. The van der Waals surface area contributed by atoms with Gasteiger partial charge in [-0.05, 0) is 35.2 Å². The average molecular weight is 774 g/mol. The van der Waals surface area contributed by atoms with E-state index in [1.54, 1.807) is 21.9 Å². The van der Waals surface area contributed by atoms with Crippen LogP contribution in [0, 0.1) is 16.7 Å². The molecule has 54 heavy (non-hydrogen) atoms. The predicted octanol–water partition coefficient (Wildman–Crippen LogP) is 4.57. The molecule has 0 radical (unpaired) electrons. The summed E-state index contributed by atoms with van der Waals surface area (Å²) < 4.78 is 9.98. The van der Waals surface area contributed by atoms with Gasteiger partial charge in [-0.15, -0.1) is 11.3 Å². The van der Waals surface area contributed by atoms with Gasteiger partial charge in [-0.2, -0.15) is 0 Å². The highest BCUT2D eigenvalue weighted by atomic mass is 32.1. The van der Waals surface area contributed by atoms with Crippen LogP contribution in [0.4, 0.5) is 9.59 Å². The smallest absolute Gasteiger partial charge is 0.407 e. The van der Waals surface area contributed by atoms with Crippen molar-refractivity contribution in [1.29, 1.82) is 0 Å². The van der Waals surface area contributed by atoms with Gasteiger partial charge in [-0.3, -0.25) is 15.0 Å². The molecule has 2 aromatic rings. The third-order valence-corrected chi connectivity index (χ3v) is 10.5. The van der Waals surface area contributed by atoms with Gasteiger partial charge in [0.25, 0.3) is 5.91 Å². The number of alkyl carbamates (subject to hydrolysis) is 1. The highest BCUT2D eigenvalue weighted by Gasteiger charge is 2.41. The summed E-state index contributed by atoms with van der Waals surface area (Å²) in [5.41, 5.74) is 3.87. The molecular formula is C39H63N7O7S. The molecular weight excluding hydrogens is 711 g/mol. The average Bonchev–Trinajstić information content (AvgIpc) is 3.70. The van der Waals surface area contributed by atoms with Crippen LogP contribution in [-0.4, -0.2) is 113 Å². The van der Waals surface area contributed by atoms with E-state index in [4.69, 9.17) is 9.47 Å². The molecule has 1 aromatic carbocycles. The van der Waals surface area contributed by atoms with Gasteiger partial charge >= 0.3 is 12.1 Å². The van der Waals surface area contributed by atoms with E-state index in [1.165, 1.54) is 18.4 Å². The highest BCUT2D eigenvalue weighted by Crippen LogP contribution is 2.25. The fraction of sp³-hybridized carbons (Fsp3) is 0.667. The Hall–Kier alpha value is -3.79. The van der Waals surface area contributed by atoms with E-state index in [2.05, 4.69) is 41.8 Å². The Morgan fingerprint density at radius 3 is 2.31 bits per heavy atom. The van der Waals surface area contributed by atoms with Gasteiger partial charge in [-0.25, -0.2) is 19.6 Å². The molecule has 0 bridgehead atoms. The first-order valence-electron chi connectivity index (χ1n) is 18.8. The van der Waals surface area contributed by atoms with Crippen LogP contribution < -0.4 is 16.1 Å². The Labute approximate surface area is 325 Å². The number of nitrogens with zero attached hydrogens (tertiary/aromatic N) is 4. The lowest BCUT2D eigenvalue weighted by atomic mass is 9.86. The van der Waals surface area contributed by atoms with Crippen molar-refractivity contribution in [3.8, 4) is 0 Å². The zero-order valence-corrected chi connectivity index (χ0v) is 34.6. The lowest BCUT2D eigenvalue weighted by Crippen LogP contribution is -2.60. The number of hydrazine groups is 1. The lowest BCUT2D eigenvalue weighted by molar-refractivity contribution is -0.132. The number of carbonyl (C=O) groups is 4. The van der Waals surface area contributed by atoms with E-state index < -0.39 is 41.6 Å². The number of rotatable bonds is 19. The molecule has 1 fully saturated rings. The van der Waals surface area contributed by atoms with Gasteiger partial charge in [0.2, 0.25) is 5.91 Å². The zero-order chi connectivity index (χ0) is 40.2. The number of thiazole rings is 1. The maximum absolute atomic E-state index is 14.4. The molecule has 5 amide bonds. The lowest BCUT2D eigenvalue weighted by Gasteiger charge is -2.36. The first-order valence-corrected chi connectivity index (χ1v) is 19.6. The zero-order valence-electron chi connectivity index (χ0n) is 33.8. The van der Waals surface area contributed by atoms with E-state index in [0.29, 0.717) is 52.0 Å². The summed E-state index contributed by atoms with van der Waals surface area (Å²) in [5.74, 6) is -0.981. The number of methoxy groups -OCH3 is 2. The number of hydrogen-bond acceptors (Lipinski definition) is 10. The summed E-state index contributed by atoms with van der Waals surface area (Å²) in [6.07, 6.45) is -0.221. The maximum atomic E-state index is 14.4. The molecule has 1 aromatic heterocycles. The summed E-state index contributed by atoms with van der Waals surface area (Å²) in [6.45, 7) is 17.7. The minimum absolute atomic E-state index is 0.0161. The van der Waals surface area contributed by atoms with Gasteiger partial charge in [0.05, 0.1) is 38.1 Å². The molecule has 3 rings (SSSR count). The van der Waals surface area contributed by atoms with E-state index in [0.717, 1.165) is 16.3 Å². The van der Waals surface area contributed by atoms with Crippen molar-refractivity contribution < 1.29 is 33.8 Å². The Morgan fingerprint density at radius 1 is 1.04 bits per heavy atom. The molecule has 1 saturated heterocycles. The Balaban J connectivity index is 1.87. The number of aromatic nitrogens is 1. The summed E-state index contributed by atoms with van der Waals surface area (Å²) in [5, 5.41) is 22.1. The molecule has 0 saturated carbocycles. The van der Waals surface area contributed by atoms with Gasteiger partial charge in [-0.1, -0.05) is 92.1 Å². The quantitative estimate of drug-likeness (QED) is 0.150. The van der Waals surface area contributed by atoms with Crippen molar-refractivity contribution in [3.05, 3.63) is 52.0 Å². The fourth-order valence-electron chi connectivity index (χ4n) is 6.25. The number of nitrogens with one attached hydrogen (secondary N) is 3. The number of aliphatic hydroxyl groups excluding tert-OH is 1. The van der Waals surface area contributed by atoms with E-state index >= 15 is 0 Å². The van der Waals surface area contributed by atoms with Crippen LogP contribution in [0.15, 0.2) is 35.7 Å². The van der Waals surface area contributed by atoms with Gasteiger partial charge in [0, 0.05) is 38.7 Å². The second kappa shape index (κ2) is 20.2. The molecule has 0 spiro atoms. The van der Waals surface area contributed by atoms with Crippen LogP contribution in [0.25, 0.3) is 0 Å². The summed E-state index contributed by atoms with van der Waals surface area (Å²) in [6, 6.07) is 6.86. The van der Waals surface area contributed by atoms with E-state index in [9.17, 15) is 24.3 Å². The molecule has 5 atom stereocenters. The SMILES string of the molecule is CC[C@H](C)[C@@H](C(=O)N[C@@H](Cc1ccccc1)[C@@H](O)CN(CCC(C)(C)C)NC(=O)[C@@H](NC(=O)OC)C(C)(C)C)N1CCN(Cc2csc(COC)n2)C1=O. The van der Waals surface area contributed by atoms with Crippen LogP contribution in [0.1, 0.15) is 84.5 Å². The molecule has 302 valence electrons. The fourth-order valence-corrected chi connectivity index (χ4v) is 7.01. The van der Waals surface area contributed by atoms with Crippen LogP contribution in [0.5, 0.6) is 0 Å². The summed E-state index contributed by atoms with van der Waals surface area (Å²) >= 11 is 1.48. The third kappa shape index (κ3) is 13.5. The van der Waals surface area contributed by atoms with Crippen molar-refractivity contribution >= 4 is 35.3 Å². The first-order chi connectivity index (χ1) is 25.4. The Kier molecular flexibility index (Phi) is 16.7. The number of hydrogen-bond donors (Lipinski definition) is 4. The molecule has 1 aliphatic heterocycles. The Morgan fingerprint density at radius 2 is 1.72 bits per heavy atom. The molecule has 2 heterocycles. The number of amides is 5. The van der Waals surface area contributed by atoms with Crippen LogP contribution >= 0.6 is 11.3 Å². The molecule has 4 N–H and O–H groups in total. The van der Waals surface area contributed by atoms with E-state index in [1.807, 2.05) is 70.3 Å². The van der Waals surface area contributed by atoms with Crippen LogP contribution in [0.3, 0.4) is 0 Å². The van der Waals surface area contributed by atoms with Gasteiger partial charge < -0.3 is 35.0 Å². The molecule has 0 aliphatic carbocycles. The second-order valence-electron chi connectivity index (χ2n) is 16.4. The highest BCUT2D eigenvalue weighted by molar-refractivity contribution is 7.09. The topological polar surface area (TPSA) is 166 Å². The molecule has 1 aliphatic rings. The largest absolute Gasteiger partial charge is 0.453 e. The van der Waals surface area contributed by atoms with E-state index in [-0.39, 0.29) is 29.8 Å². The van der Waals surface area contributed by atoms with Crippen molar-refractivity contribution in [2.45, 2.75) is 112 Å². The minimum atomic E-state index is -1.13. The first kappa shape index (κ1) is 44.6. The maximum Gasteiger partial charge on any atom is 0.407 e. The molecule has 0 unspecified atom stereocenters. The molecule has 15 heteroatoms. The number of benzene rings is 1. The monoisotopic (exact) mass is 773 g/mol. The van der Waals surface area contributed by atoms with Gasteiger partial charge in [0.1, 0.15) is 17.1 Å². The molecule has 14 nitrogen and oxygen atoms in total. The normalized spacial score (nSPS) is 16.5. The minimum Gasteiger partial charge on any atom is -0.453 e. The van der Waals surface area contributed by atoms with Crippen molar-refractivity contribution in [2.24, 2.45) is 16.7 Å². The van der Waals surface area contributed by atoms with Crippen LogP contribution in [-0.2, 0) is 38.6 Å². The summed E-state index contributed by atoms with van der Waals surface area (Å²) in [4.78, 5) is 62.0. The number of aliphatic hydroxyl groups is 1. The van der Waals surface area contributed by atoms with Crippen molar-refractivity contribution in [3.63, 3.8) is 0 Å². The Bertz CT molecular complexity index is 1510. The predicted molar refractivity (Wildman–Crippen MR) is 209 cm³/mol. The standard InChI is InChI=1S/C39H63N7O7S/c1-11-26(2)32(46-20-19-44(37(46)51)22-28-25-54-31(40-28)24-52-9)34(48)41-29(21-27-15-13-12-14-16-27)30(47)23-45(18-17-38(3,4)5)43-35(49)33(39(6,7)8)42-36(50)53-10/h12-16,25-26,29-30,32-33,47H,11,17-24H2,1-10H3,(H,41,48)(H,42,50)(H,43,49)/t26-,29-,30-,32-,33+/m0/s1.